The Morgan fingerprint density at radius 2 is 1.61 bits per heavy atom. The van der Waals surface area contributed by atoms with E-state index < -0.39 is 6.10 Å². The molecule has 168 valence electrons. The summed E-state index contributed by atoms with van der Waals surface area (Å²) in [6.45, 7) is 6.46. The molecule has 0 bridgehead atoms. The van der Waals surface area contributed by atoms with Crippen LogP contribution < -0.4 is 10.1 Å². The van der Waals surface area contributed by atoms with E-state index in [9.17, 15) is 4.79 Å². The molecule has 3 aromatic carbocycles. The third-order valence-electron chi connectivity index (χ3n) is 5.46. The van der Waals surface area contributed by atoms with E-state index in [1.165, 1.54) is 0 Å². The lowest BCUT2D eigenvalue weighted by Crippen LogP contribution is -2.36. The summed E-state index contributed by atoms with van der Waals surface area (Å²) in [5.74, 6) is 0.958. The van der Waals surface area contributed by atoms with Crippen molar-refractivity contribution < 1.29 is 9.53 Å². The van der Waals surface area contributed by atoms with Gasteiger partial charge in [-0.25, -0.2) is 4.98 Å². The molecule has 4 aromatic rings. The first-order valence-corrected chi connectivity index (χ1v) is 12.0. The molecular weight excluding hydrogens is 428 g/mol. The van der Waals surface area contributed by atoms with Crippen molar-refractivity contribution in [3.8, 4) is 27.6 Å². The number of carbonyl (C=O) groups is 1. The van der Waals surface area contributed by atoms with Crippen molar-refractivity contribution in [3.63, 3.8) is 0 Å². The zero-order chi connectivity index (χ0) is 23.2. The van der Waals surface area contributed by atoms with E-state index in [0.29, 0.717) is 12.5 Å². The smallest absolute Gasteiger partial charge is 0.261 e. The third kappa shape index (κ3) is 5.68. The number of hydrogen-bond acceptors (Lipinski definition) is 4. The average Bonchev–Trinajstić information content (AvgIpc) is 3.34. The van der Waals surface area contributed by atoms with Gasteiger partial charge in [0.2, 0.25) is 0 Å². The highest BCUT2D eigenvalue weighted by molar-refractivity contribution is 7.13. The van der Waals surface area contributed by atoms with Crippen molar-refractivity contribution in [2.24, 2.45) is 0 Å². The zero-order valence-electron chi connectivity index (χ0n) is 19.1. The van der Waals surface area contributed by atoms with E-state index in [1.807, 2.05) is 66.7 Å². The summed E-state index contributed by atoms with van der Waals surface area (Å²) >= 11 is 1.63. The molecule has 0 aliphatic carbocycles. The number of benzene rings is 3. The van der Waals surface area contributed by atoms with Gasteiger partial charge in [-0.1, -0.05) is 86.6 Å². The van der Waals surface area contributed by atoms with Crippen LogP contribution in [-0.2, 0) is 11.3 Å². The highest BCUT2D eigenvalue weighted by Crippen LogP contribution is 2.29. The van der Waals surface area contributed by atoms with Crippen LogP contribution in [0.5, 0.6) is 5.75 Å². The summed E-state index contributed by atoms with van der Waals surface area (Å²) in [7, 11) is 0. The monoisotopic (exact) mass is 456 g/mol. The predicted octanol–water partition coefficient (Wildman–Crippen LogP) is 6.68. The maximum atomic E-state index is 12.6. The minimum absolute atomic E-state index is 0.134. The lowest BCUT2D eigenvalue weighted by Gasteiger charge is -2.18. The second-order valence-corrected chi connectivity index (χ2v) is 9.13. The summed E-state index contributed by atoms with van der Waals surface area (Å²) in [5.41, 5.74) is 5.30. The molecule has 0 radical (unpaired) electrons. The van der Waals surface area contributed by atoms with Gasteiger partial charge in [0.25, 0.3) is 5.91 Å². The number of amides is 1. The maximum Gasteiger partial charge on any atom is 0.261 e. The fraction of sp³-hybridized carbons (Fsp3) is 0.214. The van der Waals surface area contributed by atoms with Gasteiger partial charge in [-0.05, 0) is 30.0 Å². The Morgan fingerprint density at radius 1 is 0.909 bits per heavy atom. The Kier molecular flexibility index (Phi) is 7.20. The number of hydrogen-bond donors (Lipinski definition) is 1. The second-order valence-electron chi connectivity index (χ2n) is 8.27. The molecule has 33 heavy (non-hydrogen) atoms. The standard InChI is InChI=1S/C28H28N2O2S/c1-19(2)24-11-7-8-12-26(24)32-20(3)27(31)29-17-21-13-15-23(16-14-21)28-30-25(18-33-28)22-9-5-4-6-10-22/h4-16,18-20H,17H2,1-3H3,(H,29,31). The molecule has 5 heteroatoms. The van der Waals surface area contributed by atoms with E-state index in [-0.39, 0.29) is 5.91 Å². The third-order valence-corrected chi connectivity index (χ3v) is 6.35. The number of nitrogens with zero attached hydrogens (tertiary/aromatic N) is 1. The highest BCUT2D eigenvalue weighted by atomic mass is 32.1. The molecule has 1 N–H and O–H groups in total. The van der Waals surface area contributed by atoms with Gasteiger partial charge in [0.05, 0.1) is 5.69 Å². The molecule has 4 nitrogen and oxygen atoms in total. The Bertz CT molecular complexity index is 1200. The van der Waals surface area contributed by atoms with Crippen molar-refractivity contribution in [2.75, 3.05) is 0 Å². The molecule has 0 saturated heterocycles. The molecule has 1 atom stereocenters. The first-order valence-electron chi connectivity index (χ1n) is 11.1. The van der Waals surface area contributed by atoms with Crippen molar-refractivity contribution in [2.45, 2.75) is 39.3 Å². The topological polar surface area (TPSA) is 51.2 Å². The Labute approximate surface area is 199 Å². The summed E-state index contributed by atoms with van der Waals surface area (Å²) in [6, 6.07) is 26.2. The number of nitrogens with one attached hydrogen (secondary N) is 1. The largest absolute Gasteiger partial charge is 0.481 e. The first-order chi connectivity index (χ1) is 16.0. The number of thiazole rings is 1. The Hall–Kier alpha value is -3.44. The molecular formula is C28H28N2O2S. The average molecular weight is 457 g/mol. The molecule has 0 aliphatic rings. The van der Waals surface area contributed by atoms with Gasteiger partial charge in [-0.2, -0.15) is 0 Å². The summed E-state index contributed by atoms with van der Waals surface area (Å²) in [4.78, 5) is 17.4. The molecule has 1 aromatic heterocycles. The molecule has 1 amide bonds. The maximum absolute atomic E-state index is 12.6. The zero-order valence-corrected chi connectivity index (χ0v) is 19.9. The Balaban J connectivity index is 1.34. The van der Waals surface area contributed by atoms with E-state index in [2.05, 4.69) is 36.7 Å². The lowest BCUT2D eigenvalue weighted by molar-refractivity contribution is -0.127. The first kappa shape index (κ1) is 22.7. The van der Waals surface area contributed by atoms with E-state index in [1.54, 1.807) is 18.3 Å². The van der Waals surface area contributed by atoms with Gasteiger partial charge >= 0.3 is 0 Å². The van der Waals surface area contributed by atoms with Gasteiger partial charge in [0.1, 0.15) is 10.8 Å². The lowest BCUT2D eigenvalue weighted by atomic mass is 10.0. The molecule has 1 unspecified atom stereocenters. The van der Waals surface area contributed by atoms with Crippen molar-refractivity contribution in [1.82, 2.24) is 10.3 Å². The highest BCUT2D eigenvalue weighted by Gasteiger charge is 2.17. The number of aromatic nitrogens is 1. The molecule has 0 spiro atoms. The van der Waals surface area contributed by atoms with E-state index >= 15 is 0 Å². The van der Waals surface area contributed by atoms with Crippen LogP contribution in [0.2, 0.25) is 0 Å². The number of ether oxygens (including phenoxy) is 1. The molecule has 0 saturated carbocycles. The van der Waals surface area contributed by atoms with Gasteiger partial charge < -0.3 is 10.1 Å². The van der Waals surface area contributed by atoms with Crippen LogP contribution in [0.15, 0.2) is 84.2 Å². The molecule has 0 fully saturated rings. The van der Waals surface area contributed by atoms with Crippen molar-refractivity contribution in [1.29, 1.82) is 0 Å². The van der Waals surface area contributed by atoms with Crippen LogP contribution in [0, 0.1) is 0 Å². The summed E-state index contributed by atoms with van der Waals surface area (Å²) in [6.07, 6.45) is -0.573. The van der Waals surface area contributed by atoms with Crippen LogP contribution in [-0.4, -0.2) is 17.0 Å². The van der Waals surface area contributed by atoms with Gasteiger partial charge in [-0.3, -0.25) is 4.79 Å². The van der Waals surface area contributed by atoms with Gasteiger partial charge in [0, 0.05) is 23.1 Å². The summed E-state index contributed by atoms with van der Waals surface area (Å²) in [5, 5.41) is 6.04. The summed E-state index contributed by atoms with van der Waals surface area (Å²) < 4.78 is 5.95. The number of carbonyl (C=O) groups excluding carboxylic acids is 1. The minimum atomic E-state index is -0.573. The second kappa shape index (κ2) is 10.5. The van der Waals surface area contributed by atoms with Crippen molar-refractivity contribution >= 4 is 17.2 Å². The van der Waals surface area contributed by atoms with Crippen LogP contribution in [0.4, 0.5) is 0 Å². The molecule has 4 rings (SSSR count). The molecule has 0 aliphatic heterocycles. The fourth-order valence-corrected chi connectivity index (χ4v) is 4.39. The van der Waals surface area contributed by atoms with Crippen molar-refractivity contribution in [3.05, 3.63) is 95.4 Å². The van der Waals surface area contributed by atoms with E-state index in [0.717, 1.165) is 38.7 Å². The Morgan fingerprint density at radius 3 is 2.33 bits per heavy atom. The number of rotatable bonds is 8. The van der Waals surface area contributed by atoms with Crippen LogP contribution in [0.3, 0.4) is 0 Å². The van der Waals surface area contributed by atoms with Gasteiger partial charge in [0.15, 0.2) is 6.10 Å². The van der Waals surface area contributed by atoms with Crippen LogP contribution in [0.1, 0.15) is 37.8 Å². The quantitative estimate of drug-likeness (QED) is 0.322. The fourth-order valence-electron chi connectivity index (χ4n) is 3.55. The minimum Gasteiger partial charge on any atom is -0.481 e. The normalized spacial score (nSPS) is 11.9. The SMILES string of the molecule is CC(Oc1ccccc1C(C)C)C(=O)NCc1ccc(-c2nc(-c3ccccc3)cs2)cc1. The van der Waals surface area contributed by atoms with Crippen LogP contribution >= 0.6 is 11.3 Å². The number of para-hydroxylation sites is 1. The van der Waals surface area contributed by atoms with Crippen LogP contribution in [0.25, 0.3) is 21.8 Å². The predicted molar refractivity (Wildman–Crippen MR) is 135 cm³/mol. The van der Waals surface area contributed by atoms with Gasteiger partial charge in [-0.15, -0.1) is 11.3 Å². The molecule has 1 heterocycles. The van der Waals surface area contributed by atoms with E-state index in [4.69, 9.17) is 9.72 Å².